The number of hydroxylamine groups is 1. The van der Waals surface area contributed by atoms with Crippen molar-refractivity contribution >= 4 is 0 Å². The second kappa shape index (κ2) is 5.29. The van der Waals surface area contributed by atoms with Crippen LogP contribution in [0.3, 0.4) is 0 Å². The van der Waals surface area contributed by atoms with Crippen molar-refractivity contribution in [2.45, 2.75) is 51.2 Å². The Morgan fingerprint density at radius 3 is 2.67 bits per heavy atom. The quantitative estimate of drug-likeness (QED) is 0.790. The monoisotopic (exact) mass is 249 g/mol. The highest BCUT2D eigenvalue weighted by Crippen LogP contribution is 2.43. The molecule has 0 bridgehead atoms. The third-order valence-corrected chi connectivity index (χ3v) is 4.28. The van der Waals surface area contributed by atoms with Gasteiger partial charge >= 0.3 is 0 Å². The minimum absolute atomic E-state index is 0.165. The largest absolute Gasteiger partial charge is 0.393 e. The number of hydrogen-bond donors (Lipinski definition) is 2. The molecule has 1 aliphatic heterocycles. The predicted molar refractivity (Wildman–Crippen MR) is 72.6 cm³/mol. The van der Waals surface area contributed by atoms with Crippen LogP contribution in [-0.4, -0.2) is 16.8 Å². The molecule has 3 nitrogen and oxygen atoms in total. The zero-order chi connectivity index (χ0) is 13.2. The first-order chi connectivity index (χ1) is 8.63. The Labute approximate surface area is 109 Å². The summed E-state index contributed by atoms with van der Waals surface area (Å²) in [7, 11) is 0. The van der Waals surface area contributed by atoms with Gasteiger partial charge in [-0.15, -0.1) is 0 Å². The molecule has 100 valence electrons. The molecule has 0 aromatic heterocycles. The van der Waals surface area contributed by atoms with Crippen LogP contribution in [0.5, 0.6) is 0 Å². The normalized spacial score (nSPS) is 37.1. The van der Waals surface area contributed by atoms with Crippen molar-refractivity contribution in [3.8, 4) is 0 Å². The van der Waals surface area contributed by atoms with Gasteiger partial charge in [-0.25, -0.2) is 0 Å². The molecular formula is C15H23NO2. The molecule has 2 N–H and O–H groups in total. The molecule has 2 rings (SSSR count). The number of aliphatic hydroxyl groups excluding tert-OH is 1. The van der Waals surface area contributed by atoms with E-state index in [2.05, 4.69) is 25.1 Å². The van der Waals surface area contributed by atoms with Crippen LogP contribution in [-0.2, 0) is 4.84 Å². The van der Waals surface area contributed by atoms with Crippen molar-refractivity contribution < 1.29 is 9.94 Å². The SMILES string of the molecule is C=CC1=C(/C=C/C)C(C)C2(CCC(O)CC2)ON1. The van der Waals surface area contributed by atoms with Crippen LogP contribution in [0, 0.1) is 5.92 Å². The number of allylic oxidation sites excluding steroid dienone is 3. The third-order valence-electron chi connectivity index (χ3n) is 4.28. The molecule has 0 aromatic rings. The maximum atomic E-state index is 9.66. The molecule has 0 amide bonds. The van der Waals surface area contributed by atoms with Crippen LogP contribution in [0.15, 0.2) is 36.1 Å². The molecule has 1 atom stereocenters. The highest BCUT2D eigenvalue weighted by Gasteiger charge is 2.45. The Kier molecular flexibility index (Phi) is 3.93. The molecule has 1 aliphatic carbocycles. The first-order valence-electron chi connectivity index (χ1n) is 6.74. The lowest BCUT2D eigenvalue weighted by atomic mass is 9.71. The van der Waals surface area contributed by atoms with E-state index in [1.165, 1.54) is 5.57 Å². The average molecular weight is 249 g/mol. The van der Waals surface area contributed by atoms with E-state index in [1.807, 2.05) is 13.0 Å². The van der Waals surface area contributed by atoms with Crippen molar-refractivity contribution in [3.05, 3.63) is 36.1 Å². The molecule has 1 spiro atoms. The maximum Gasteiger partial charge on any atom is 0.103 e. The van der Waals surface area contributed by atoms with E-state index in [-0.39, 0.29) is 11.7 Å². The second-order valence-electron chi connectivity index (χ2n) is 5.29. The fourth-order valence-electron chi connectivity index (χ4n) is 3.02. The molecule has 2 aliphatic rings. The second-order valence-corrected chi connectivity index (χ2v) is 5.29. The smallest absolute Gasteiger partial charge is 0.103 e. The van der Waals surface area contributed by atoms with E-state index in [4.69, 9.17) is 4.84 Å². The lowest BCUT2D eigenvalue weighted by Gasteiger charge is -2.46. The topological polar surface area (TPSA) is 41.5 Å². The summed E-state index contributed by atoms with van der Waals surface area (Å²) >= 11 is 0. The lowest BCUT2D eigenvalue weighted by Crippen LogP contribution is -2.51. The van der Waals surface area contributed by atoms with E-state index in [1.54, 1.807) is 6.08 Å². The summed E-state index contributed by atoms with van der Waals surface area (Å²) in [4.78, 5) is 5.92. The first kappa shape index (κ1) is 13.4. The summed E-state index contributed by atoms with van der Waals surface area (Å²) in [6.07, 6.45) is 9.24. The minimum Gasteiger partial charge on any atom is -0.393 e. The van der Waals surface area contributed by atoms with Crippen LogP contribution >= 0.6 is 0 Å². The molecule has 18 heavy (non-hydrogen) atoms. The Morgan fingerprint density at radius 1 is 1.44 bits per heavy atom. The van der Waals surface area contributed by atoms with Gasteiger partial charge in [-0.3, -0.25) is 10.3 Å². The average Bonchev–Trinajstić information content (AvgIpc) is 2.39. The maximum absolute atomic E-state index is 9.66. The molecule has 1 saturated carbocycles. The highest BCUT2D eigenvalue weighted by atomic mass is 16.7. The molecule has 1 heterocycles. The zero-order valence-corrected chi connectivity index (χ0v) is 11.3. The summed E-state index contributed by atoms with van der Waals surface area (Å²) in [6, 6.07) is 0. The molecule has 0 saturated heterocycles. The standard InChI is InChI=1S/C15H23NO2/c1-4-6-13-11(3)15(18-16-14(13)5-2)9-7-12(17)8-10-15/h4-6,11-12,16-17H,2,7-10H2,1,3H3/b6-4+. The first-order valence-corrected chi connectivity index (χ1v) is 6.74. The van der Waals surface area contributed by atoms with Gasteiger partial charge in [0.1, 0.15) is 5.60 Å². The van der Waals surface area contributed by atoms with Crippen molar-refractivity contribution in [2.24, 2.45) is 5.92 Å². The Balaban J connectivity index is 2.28. The van der Waals surface area contributed by atoms with E-state index in [9.17, 15) is 5.11 Å². The van der Waals surface area contributed by atoms with Crippen LogP contribution in [0.2, 0.25) is 0 Å². The fraction of sp³-hybridized carbons (Fsp3) is 0.600. The fourth-order valence-corrected chi connectivity index (χ4v) is 3.02. The summed E-state index contributed by atoms with van der Waals surface area (Å²) in [6.45, 7) is 8.05. The van der Waals surface area contributed by atoms with Crippen LogP contribution < -0.4 is 5.48 Å². The molecule has 3 heteroatoms. The van der Waals surface area contributed by atoms with Gasteiger partial charge in [-0.1, -0.05) is 25.7 Å². The van der Waals surface area contributed by atoms with Gasteiger partial charge < -0.3 is 5.11 Å². The van der Waals surface area contributed by atoms with Gasteiger partial charge in [0.25, 0.3) is 0 Å². The van der Waals surface area contributed by atoms with Crippen LogP contribution in [0.1, 0.15) is 39.5 Å². The summed E-state index contributed by atoms with van der Waals surface area (Å²) in [5.41, 5.74) is 5.06. The van der Waals surface area contributed by atoms with Crippen molar-refractivity contribution in [3.63, 3.8) is 0 Å². The summed E-state index contributed by atoms with van der Waals surface area (Å²) in [5.74, 6) is 0.315. The number of rotatable bonds is 2. The molecule has 0 radical (unpaired) electrons. The zero-order valence-electron chi connectivity index (χ0n) is 11.3. The summed E-state index contributed by atoms with van der Waals surface area (Å²) in [5, 5.41) is 9.66. The number of aliphatic hydroxyl groups is 1. The van der Waals surface area contributed by atoms with Gasteiger partial charge in [0.2, 0.25) is 0 Å². The van der Waals surface area contributed by atoms with Crippen LogP contribution in [0.25, 0.3) is 0 Å². The Bertz CT molecular complexity index is 376. The molecule has 0 aromatic carbocycles. The third kappa shape index (κ3) is 2.25. The molecular weight excluding hydrogens is 226 g/mol. The van der Waals surface area contributed by atoms with E-state index < -0.39 is 0 Å². The van der Waals surface area contributed by atoms with Crippen molar-refractivity contribution in [1.29, 1.82) is 0 Å². The Morgan fingerprint density at radius 2 is 2.11 bits per heavy atom. The van der Waals surface area contributed by atoms with Crippen molar-refractivity contribution in [1.82, 2.24) is 5.48 Å². The number of nitrogens with one attached hydrogen (secondary N) is 1. The summed E-state index contributed by atoms with van der Waals surface area (Å²) < 4.78 is 0. The molecule has 1 fully saturated rings. The minimum atomic E-state index is -0.180. The highest BCUT2D eigenvalue weighted by molar-refractivity contribution is 5.35. The van der Waals surface area contributed by atoms with E-state index in [0.717, 1.165) is 31.4 Å². The van der Waals surface area contributed by atoms with Gasteiger partial charge in [-0.2, -0.15) is 0 Å². The van der Waals surface area contributed by atoms with Gasteiger partial charge in [0.15, 0.2) is 0 Å². The van der Waals surface area contributed by atoms with Crippen molar-refractivity contribution in [2.75, 3.05) is 0 Å². The van der Waals surface area contributed by atoms with Gasteiger partial charge in [-0.05, 0) is 44.3 Å². The number of hydrogen-bond acceptors (Lipinski definition) is 3. The van der Waals surface area contributed by atoms with Gasteiger partial charge in [0, 0.05) is 5.92 Å². The van der Waals surface area contributed by atoms with E-state index >= 15 is 0 Å². The predicted octanol–water partition coefficient (Wildman–Crippen LogP) is 2.85. The van der Waals surface area contributed by atoms with Gasteiger partial charge in [0.05, 0.1) is 11.8 Å². The van der Waals surface area contributed by atoms with Crippen LogP contribution in [0.4, 0.5) is 0 Å². The molecule has 1 unspecified atom stereocenters. The lowest BCUT2D eigenvalue weighted by molar-refractivity contribution is -0.157. The van der Waals surface area contributed by atoms with E-state index in [0.29, 0.717) is 5.92 Å². The Hall–Kier alpha value is -1.06.